The summed E-state index contributed by atoms with van der Waals surface area (Å²) >= 11 is 0. The molecule has 2 aliphatic rings. The van der Waals surface area contributed by atoms with Gasteiger partial charge >= 0.3 is 0 Å². The van der Waals surface area contributed by atoms with Crippen LogP contribution in [0.4, 0.5) is 4.39 Å². The largest absolute Gasteiger partial charge is 0.389 e. The normalized spacial score (nSPS) is 34.2. The number of rotatable bonds is 2. The van der Waals surface area contributed by atoms with E-state index in [0.717, 1.165) is 24.0 Å². The van der Waals surface area contributed by atoms with Crippen LogP contribution in [0.5, 0.6) is 0 Å². The van der Waals surface area contributed by atoms with Gasteiger partial charge in [0.2, 0.25) is 0 Å². The van der Waals surface area contributed by atoms with Gasteiger partial charge < -0.3 is 10.0 Å². The Morgan fingerprint density at radius 1 is 1.30 bits per heavy atom. The Bertz CT molecular complexity index is 488. The number of benzene rings is 1. The Balaban J connectivity index is 1.79. The van der Waals surface area contributed by atoms with Crippen molar-refractivity contribution in [1.29, 1.82) is 0 Å². The lowest BCUT2D eigenvalue weighted by Crippen LogP contribution is -2.57. The van der Waals surface area contributed by atoms with Crippen LogP contribution in [-0.4, -0.2) is 34.7 Å². The molecule has 0 amide bonds. The van der Waals surface area contributed by atoms with E-state index >= 15 is 0 Å². The molecule has 2 unspecified atom stereocenters. The number of aliphatic hydroxyl groups is 1. The van der Waals surface area contributed by atoms with Gasteiger partial charge in [-0.1, -0.05) is 12.5 Å². The van der Waals surface area contributed by atoms with Crippen LogP contribution < -0.4 is 0 Å². The van der Waals surface area contributed by atoms with E-state index in [1.807, 2.05) is 13.0 Å². The van der Waals surface area contributed by atoms with Gasteiger partial charge in [-0.05, 0) is 62.9 Å². The summed E-state index contributed by atoms with van der Waals surface area (Å²) in [6.07, 6.45) is 6.01. The van der Waals surface area contributed by atoms with Crippen LogP contribution >= 0.6 is 0 Å². The SMILES string of the molecule is Cc1cc(F)ccc1CC1(O)CC2CCCC(C1)N2C. The van der Waals surface area contributed by atoms with Crippen molar-refractivity contribution in [2.45, 2.75) is 63.1 Å². The van der Waals surface area contributed by atoms with E-state index in [-0.39, 0.29) is 5.82 Å². The summed E-state index contributed by atoms with van der Waals surface area (Å²) < 4.78 is 13.2. The number of hydrogen-bond acceptors (Lipinski definition) is 2. The van der Waals surface area contributed by atoms with Gasteiger partial charge in [0, 0.05) is 18.5 Å². The van der Waals surface area contributed by atoms with Gasteiger partial charge in [0.1, 0.15) is 5.82 Å². The highest BCUT2D eigenvalue weighted by atomic mass is 19.1. The van der Waals surface area contributed by atoms with E-state index in [9.17, 15) is 9.50 Å². The van der Waals surface area contributed by atoms with Gasteiger partial charge in [0.25, 0.3) is 0 Å². The molecule has 20 heavy (non-hydrogen) atoms. The van der Waals surface area contributed by atoms with Crippen LogP contribution in [0.1, 0.15) is 43.2 Å². The molecule has 2 aliphatic heterocycles. The zero-order chi connectivity index (χ0) is 14.3. The molecule has 0 aromatic heterocycles. The molecule has 2 atom stereocenters. The van der Waals surface area contributed by atoms with Crippen LogP contribution in [0.2, 0.25) is 0 Å². The maximum absolute atomic E-state index is 13.2. The van der Waals surface area contributed by atoms with Gasteiger partial charge in [-0.25, -0.2) is 4.39 Å². The summed E-state index contributed by atoms with van der Waals surface area (Å²) in [6, 6.07) is 5.91. The lowest BCUT2D eigenvalue weighted by molar-refractivity contribution is -0.0820. The molecule has 2 nitrogen and oxygen atoms in total. The van der Waals surface area contributed by atoms with Crippen molar-refractivity contribution in [3.8, 4) is 0 Å². The standard InChI is InChI=1S/C17H24FNO/c1-12-8-14(18)7-6-13(12)9-17(20)10-15-4-3-5-16(11-17)19(15)2/h6-8,15-16,20H,3-5,9-11H2,1-2H3. The first-order chi connectivity index (χ1) is 9.47. The number of halogens is 1. The van der Waals surface area contributed by atoms with Crippen molar-refractivity contribution in [1.82, 2.24) is 4.90 Å². The molecule has 0 aliphatic carbocycles. The molecule has 0 spiro atoms. The summed E-state index contributed by atoms with van der Waals surface area (Å²) in [6.45, 7) is 1.93. The first-order valence-electron chi connectivity index (χ1n) is 7.66. The van der Waals surface area contributed by atoms with Gasteiger partial charge in [-0.2, -0.15) is 0 Å². The second-order valence-corrected chi connectivity index (χ2v) is 6.78. The first kappa shape index (κ1) is 14.0. The Labute approximate surface area is 120 Å². The summed E-state index contributed by atoms with van der Waals surface area (Å²) in [4.78, 5) is 2.45. The Morgan fingerprint density at radius 2 is 1.95 bits per heavy atom. The van der Waals surface area contributed by atoms with Gasteiger partial charge in [-0.15, -0.1) is 0 Å². The number of fused-ring (bicyclic) bond motifs is 2. The topological polar surface area (TPSA) is 23.5 Å². The quantitative estimate of drug-likeness (QED) is 0.898. The molecule has 2 saturated heterocycles. The number of aryl methyl sites for hydroxylation is 1. The molecule has 3 heteroatoms. The molecule has 3 rings (SSSR count). The fourth-order valence-electron chi connectivity index (χ4n) is 4.10. The summed E-state index contributed by atoms with van der Waals surface area (Å²) in [5.41, 5.74) is 1.41. The minimum Gasteiger partial charge on any atom is -0.389 e. The van der Waals surface area contributed by atoms with Crippen LogP contribution in [0, 0.1) is 12.7 Å². The molecule has 2 bridgehead atoms. The van der Waals surface area contributed by atoms with Crippen LogP contribution in [0.3, 0.4) is 0 Å². The third-order valence-electron chi connectivity index (χ3n) is 5.28. The molecule has 0 saturated carbocycles. The Hall–Kier alpha value is -0.930. The van der Waals surface area contributed by atoms with Crippen molar-refractivity contribution in [2.75, 3.05) is 7.05 Å². The third kappa shape index (κ3) is 2.61. The second kappa shape index (κ2) is 5.12. The average Bonchev–Trinajstić information content (AvgIpc) is 2.35. The van der Waals surface area contributed by atoms with Crippen molar-refractivity contribution < 1.29 is 9.50 Å². The zero-order valence-corrected chi connectivity index (χ0v) is 12.4. The molecule has 1 aromatic rings. The highest BCUT2D eigenvalue weighted by Gasteiger charge is 2.43. The van der Waals surface area contributed by atoms with Crippen LogP contribution in [-0.2, 0) is 6.42 Å². The minimum atomic E-state index is -0.620. The fourth-order valence-corrected chi connectivity index (χ4v) is 4.10. The summed E-state index contributed by atoms with van der Waals surface area (Å²) in [5, 5.41) is 11.0. The zero-order valence-electron chi connectivity index (χ0n) is 12.4. The lowest BCUT2D eigenvalue weighted by atomic mass is 9.73. The predicted octanol–water partition coefficient (Wildman–Crippen LogP) is 3.05. The van der Waals surface area contributed by atoms with E-state index in [1.165, 1.54) is 25.3 Å². The molecule has 0 radical (unpaired) electrons. The van der Waals surface area contributed by atoms with E-state index in [1.54, 1.807) is 6.07 Å². The Morgan fingerprint density at radius 3 is 2.55 bits per heavy atom. The van der Waals surface area contributed by atoms with E-state index in [2.05, 4.69) is 11.9 Å². The highest BCUT2D eigenvalue weighted by molar-refractivity contribution is 5.28. The van der Waals surface area contributed by atoms with E-state index in [0.29, 0.717) is 18.5 Å². The van der Waals surface area contributed by atoms with Gasteiger partial charge in [-0.3, -0.25) is 0 Å². The third-order valence-corrected chi connectivity index (χ3v) is 5.28. The van der Waals surface area contributed by atoms with E-state index in [4.69, 9.17) is 0 Å². The van der Waals surface area contributed by atoms with Crippen LogP contribution in [0.25, 0.3) is 0 Å². The number of hydrogen-bond donors (Lipinski definition) is 1. The van der Waals surface area contributed by atoms with E-state index < -0.39 is 5.60 Å². The second-order valence-electron chi connectivity index (χ2n) is 6.78. The Kier molecular flexibility index (Phi) is 3.59. The van der Waals surface area contributed by atoms with Crippen molar-refractivity contribution in [2.24, 2.45) is 0 Å². The molecule has 2 heterocycles. The first-order valence-corrected chi connectivity index (χ1v) is 7.66. The lowest BCUT2D eigenvalue weighted by Gasteiger charge is -2.50. The number of piperidine rings is 2. The molecular weight excluding hydrogens is 253 g/mol. The minimum absolute atomic E-state index is 0.196. The van der Waals surface area contributed by atoms with Crippen molar-refractivity contribution in [3.63, 3.8) is 0 Å². The number of nitrogens with zero attached hydrogens (tertiary/aromatic N) is 1. The molecule has 1 N–H and O–H groups in total. The summed E-state index contributed by atoms with van der Waals surface area (Å²) in [5.74, 6) is -0.196. The maximum atomic E-state index is 13.2. The van der Waals surface area contributed by atoms with Gasteiger partial charge in [0.05, 0.1) is 5.60 Å². The predicted molar refractivity (Wildman–Crippen MR) is 78.2 cm³/mol. The van der Waals surface area contributed by atoms with Crippen molar-refractivity contribution >= 4 is 0 Å². The van der Waals surface area contributed by atoms with Gasteiger partial charge in [0.15, 0.2) is 0 Å². The molecular formula is C17H24FNO. The molecule has 2 fully saturated rings. The average molecular weight is 277 g/mol. The highest BCUT2D eigenvalue weighted by Crippen LogP contribution is 2.40. The fraction of sp³-hybridized carbons (Fsp3) is 0.647. The smallest absolute Gasteiger partial charge is 0.123 e. The maximum Gasteiger partial charge on any atom is 0.123 e. The monoisotopic (exact) mass is 277 g/mol. The molecule has 110 valence electrons. The van der Waals surface area contributed by atoms with Crippen molar-refractivity contribution in [3.05, 3.63) is 35.1 Å². The summed E-state index contributed by atoms with van der Waals surface area (Å²) in [7, 11) is 2.19. The molecule has 1 aromatic carbocycles. The van der Waals surface area contributed by atoms with Crippen LogP contribution in [0.15, 0.2) is 18.2 Å².